The standard InChI is InChI=1S/C14H13N3/c15-9-10-3-1-4-11(7-10)12-5-2-6-13(8-12)14(16)17/h1-2,4-8,10H,3H2,(H3,16,17). The predicted octanol–water partition coefficient (Wildman–Crippen LogP) is 2.45. The fraction of sp³-hybridized carbons (Fsp3) is 0.143. The van der Waals surface area contributed by atoms with Crippen molar-refractivity contribution in [3.8, 4) is 6.07 Å². The van der Waals surface area contributed by atoms with Crippen molar-refractivity contribution in [1.29, 1.82) is 10.7 Å². The summed E-state index contributed by atoms with van der Waals surface area (Å²) in [4.78, 5) is 0. The first-order valence-corrected chi connectivity index (χ1v) is 5.43. The molecule has 1 unspecified atom stereocenters. The van der Waals surface area contributed by atoms with Gasteiger partial charge in [0.25, 0.3) is 0 Å². The lowest BCUT2D eigenvalue weighted by Crippen LogP contribution is -2.11. The van der Waals surface area contributed by atoms with Gasteiger partial charge in [-0.1, -0.05) is 36.4 Å². The number of nitrogens with two attached hydrogens (primary N) is 1. The first-order valence-electron chi connectivity index (χ1n) is 5.43. The summed E-state index contributed by atoms with van der Waals surface area (Å²) in [5.74, 6) is 0.0000522. The number of nitrogens with zero attached hydrogens (tertiary/aromatic N) is 1. The average molecular weight is 223 g/mol. The number of rotatable bonds is 2. The largest absolute Gasteiger partial charge is 0.384 e. The molecular formula is C14H13N3. The minimum atomic E-state index is -0.0593. The van der Waals surface area contributed by atoms with Gasteiger partial charge in [0.1, 0.15) is 5.84 Å². The Balaban J connectivity index is 2.38. The van der Waals surface area contributed by atoms with Gasteiger partial charge in [0.15, 0.2) is 0 Å². The number of hydrogen-bond donors (Lipinski definition) is 2. The zero-order valence-corrected chi connectivity index (χ0v) is 9.35. The summed E-state index contributed by atoms with van der Waals surface area (Å²) in [5, 5.41) is 16.3. The molecule has 0 aromatic heterocycles. The molecule has 1 atom stereocenters. The van der Waals surface area contributed by atoms with Gasteiger partial charge < -0.3 is 5.73 Å². The van der Waals surface area contributed by atoms with Crippen LogP contribution in [0.5, 0.6) is 0 Å². The van der Waals surface area contributed by atoms with Gasteiger partial charge in [-0.3, -0.25) is 5.41 Å². The van der Waals surface area contributed by atoms with Crippen molar-refractivity contribution in [3.63, 3.8) is 0 Å². The van der Waals surface area contributed by atoms with E-state index in [9.17, 15) is 0 Å². The number of amidine groups is 1. The molecule has 17 heavy (non-hydrogen) atoms. The lowest BCUT2D eigenvalue weighted by Gasteiger charge is -2.11. The van der Waals surface area contributed by atoms with E-state index in [2.05, 4.69) is 6.07 Å². The topological polar surface area (TPSA) is 73.7 Å². The molecule has 3 heteroatoms. The molecule has 84 valence electrons. The Bertz CT molecular complexity index is 547. The van der Waals surface area contributed by atoms with Crippen LogP contribution in [0.2, 0.25) is 0 Å². The highest BCUT2D eigenvalue weighted by Crippen LogP contribution is 2.24. The van der Waals surface area contributed by atoms with E-state index in [1.54, 1.807) is 6.07 Å². The lowest BCUT2D eigenvalue weighted by molar-refractivity contribution is 0.841. The van der Waals surface area contributed by atoms with E-state index in [1.807, 2.05) is 36.4 Å². The average Bonchev–Trinajstić information content (AvgIpc) is 2.39. The van der Waals surface area contributed by atoms with Crippen LogP contribution in [0.25, 0.3) is 5.57 Å². The Hall–Kier alpha value is -2.34. The van der Waals surface area contributed by atoms with Crippen molar-refractivity contribution in [1.82, 2.24) is 0 Å². The summed E-state index contributed by atoms with van der Waals surface area (Å²) in [6.07, 6.45) is 6.74. The zero-order chi connectivity index (χ0) is 12.3. The van der Waals surface area contributed by atoms with Crippen LogP contribution in [0.3, 0.4) is 0 Å². The molecule has 0 amide bonds. The maximum atomic E-state index is 8.92. The Morgan fingerprint density at radius 2 is 2.29 bits per heavy atom. The van der Waals surface area contributed by atoms with E-state index >= 15 is 0 Å². The van der Waals surface area contributed by atoms with Crippen LogP contribution in [-0.4, -0.2) is 5.84 Å². The van der Waals surface area contributed by atoms with Crippen molar-refractivity contribution in [3.05, 3.63) is 53.6 Å². The lowest BCUT2D eigenvalue weighted by atomic mass is 9.92. The van der Waals surface area contributed by atoms with Crippen LogP contribution < -0.4 is 5.73 Å². The maximum absolute atomic E-state index is 8.92. The van der Waals surface area contributed by atoms with Gasteiger partial charge in [0.2, 0.25) is 0 Å². The minimum absolute atomic E-state index is 0.0593. The molecule has 0 aliphatic heterocycles. The molecule has 0 spiro atoms. The van der Waals surface area contributed by atoms with Crippen LogP contribution in [0.4, 0.5) is 0 Å². The fourth-order valence-corrected chi connectivity index (χ4v) is 1.83. The SMILES string of the molecule is N#CC1C=C(c2cccc(C(=N)N)c2)C=CC1. The van der Waals surface area contributed by atoms with Crippen molar-refractivity contribution < 1.29 is 0 Å². The van der Waals surface area contributed by atoms with Gasteiger partial charge in [-0.05, 0) is 23.6 Å². The maximum Gasteiger partial charge on any atom is 0.122 e. The molecule has 0 radical (unpaired) electrons. The van der Waals surface area contributed by atoms with Crippen LogP contribution in [0.1, 0.15) is 17.5 Å². The summed E-state index contributed by atoms with van der Waals surface area (Å²) in [7, 11) is 0. The van der Waals surface area contributed by atoms with Crippen molar-refractivity contribution in [2.75, 3.05) is 0 Å². The van der Waals surface area contributed by atoms with Gasteiger partial charge in [-0.2, -0.15) is 5.26 Å². The first-order chi connectivity index (χ1) is 8.20. The summed E-state index contributed by atoms with van der Waals surface area (Å²) >= 11 is 0. The highest BCUT2D eigenvalue weighted by atomic mass is 14.7. The summed E-state index contributed by atoms with van der Waals surface area (Å²) < 4.78 is 0. The summed E-state index contributed by atoms with van der Waals surface area (Å²) in [5.41, 5.74) is 8.18. The number of nitrogens with one attached hydrogen (secondary N) is 1. The molecule has 2 rings (SSSR count). The van der Waals surface area contributed by atoms with Crippen molar-refractivity contribution in [2.24, 2.45) is 11.7 Å². The van der Waals surface area contributed by atoms with E-state index in [-0.39, 0.29) is 11.8 Å². The third kappa shape index (κ3) is 2.43. The van der Waals surface area contributed by atoms with Crippen molar-refractivity contribution >= 4 is 11.4 Å². The van der Waals surface area contributed by atoms with Gasteiger partial charge in [-0.15, -0.1) is 0 Å². The Morgan fingerprint density at radius 3 is 3.00 bits per heavy atom. The molecular weight excluding hydrogens is 210 g/mol. The van der Waals surface area contributed by atoms with Gasteiger partial charge in [0, 0.05) is 5.56 Å². The fourth-order valence-electron chi connectivity index (χ4n) is 1.83. The molecule has 1 aromatic rings. The van der Waals surface area contributed by atoms with Crippen LogP contribution in [0, 0.1) is 22.7 Å². The minimum Gasteiger partial charge on any atom is -0.384 e. The van der Waals surface area contributed by atoms with E-state index < -0.39 is 0 Å². The monoisotopic (exact) mass is 223 g/mol. The third-order valence-corrected chi connectivity index (χ3v) is 2.74. The number of allylic oxidation sites excluding steroid dienone is 4. The molecule has 0 bridgehead atoms. The first kappa shape index (κ1) is 11.2. The molecule has 3 nitrogen and oxygen atoms in total. The summed E-state index contributed by atoms with van der Waals surface area (Å²) in [6, 6.07) is 9.76. The quantitative estimate of drug-likeness (QED) is 0.597. The third-order valence-electron chi connectivity index (χ3n) is 2.74. The van der Waals surface area contributed by atoms with Gasteiger partial charge in [0.05, 0.1) is 12.0 Å². The van der Waals surface area contributed by atoms with Gasteiger partial charge in [-0.25, -0.2) is 0 Å². The number of nitrogen functional groups attached to an aromatic ring is 1. The smallest absolute Gasteiger partial charge is 0.122 e. The van der Waals surface area contributed by atoms with E-state index in [0.717, 1.165) is 17.6 Å². The highest BCUT2D eigenvalue weighted by Gasteiger charge is 2.10. The Kier molecular flexibility index (Phi) is 3.06. The number of nitriles is 1. The van der Waals surface area contributed by atoms with Crippen LogP contribution in [0.15, 0.2) is 42.5 Å². The second kappa shape index (κ2) is 4.67. The predicted molar refractivity (Wildman–Crippen MR) is 68.3 cm³/mol. The highest BCUT2D eigenvalue weighted by molar-refractivity contribution is 5.96. The second-order valence-corrected chi connectivity index (χ2v) is 3.99. The molecule has 0 heterocycles. The van der Waals surface area contributed by atoms with E-state index in [0.29, 0.717) is 5.56 Å². The zero-order valence-electron chi connectivity index (χ0n) is 9.35. The van der Waals surface area contributed by atoms with Crippen LogP contribution in [-0.2, 0) is 0 Å². The molecule has 0 saturated carbocycles. The molecule has 3 N–H and O–H groups in total. The summed E-state index contributed by atoms with van der Waals surface area (Å²) in [6.45, 7) is 0. The van der Waals surface area contributed by atoms with Crippen LogP contribution >= 0.6 is 0 Å². The molecule has 0 fully saturated rings. The normalized spacial score (nSPS) is 18.3. The van der Waals surface area contributed by atoms with E-state index in [1.165, 1.54) is 0 Å². The molecule has 1 aliphatic rings. The Morgan fingerprint density at radius 1 is 1.47 bits per heavy atom. The molecule has 0 saturated heterocycles. The second-order valence-electron chi connectivity index (χ2n) is 3.99. The molecule has 1 aromatic carbocycles. The number of hydrogen-bond acceptors (Lipinski definition) is 2. The Labute approximate surface area is 100 Å². The molecule has 1 aliphatic carbocycles. The van der Waals surface area contributed by atoms with Crippen molar-refractivity contribution in [2.45, 2.75) is 6.42 Å². The van der Waals surface area contributed by atoms with E-state index in [4.69, 9.17) is 16.4 Å². The number of benzene rings is 1. The van der Waals surface area contributed by atoms with Gasteiger partial charge >= 0.3 is 0 Å².